The van der Waals surface area contributed by atoms with E-state index in [9.17, 15) is 0 Å². The van der Waals surface area contributed by atoms with Crippen molar-refractivity contribution in [3.8, 4) is 0 Å². The van der Waals surface area contributed by atoms with Crippen LogP contribution in [0.3, 0.4) is 0 Å². The van der Waals surface area contributed by atoms with Crippen molar-refractivity contribution in [2.75, 3.05) is 0 Å². The van der Waals surface area contributed by atoms with Crippen LogP contribution >= 0.6 is 0 Å². The Morgan fingerprint density at radius 2 is 2.14 bits per heavy atom. The Labute approximate surface area is 84.8 Å². The van der Waals surface area contributed by atoms with Gasteiger partial charge in [-0.05, 0) is 19.1 Å². The number of allylic oxidation sites excluding steroid dienone is 1. The third-order valence-corrected chi connectivity index (χ3v) is 1.94. The predicted octanol–water partition coefficient (Wildman–Crippen LogP) is 2.80. The fourth-order valence-electron chi connectivity index (χ4n) is 0.930. The Balaban J connectivity index is 2.70. The van der Waals surface area contributed by atoms with Gasteiger partial charge in [-0.15, -0.1) is 0 Å². The van der Waals surface area contributed by atoms with E-state index in [0.717, 1.165) is 11.5 Å². The first kappa shape index (κ1) is 10.7. The molecule has 0 saturated heterocycles. The van der Waals surface area contributed by atoms with Gasteiger partial charge in [0.05, 0.1) is 0 Å². The van der Waals surface area contributed by atoms with Crippen LogP contribution in [0.4, 0.5) is 0 Å². The number of hydrogen-bond acceptors (Lipinski definition) is 2. The van der Waals surface area contributed by atoms with Gasteiger partial charge in [0.1, 0.15) is 5.82 Å². The largest absolute Gasteiger partial charge is 0.343 e. The summed E-state index contributed by atoms with van der Waals surface area (Å²) >= 11 is 0. The number of aromatic amines is 1. The van der Waals surface area contributed by atoms with E-state index < -0.39 is 0 Å². The van der Waals surface area contributed by atoms with E-state index in [1.165, 1.54) is 0 Å². The monoisotopic (exact) mass is 191 g/mol. The minimum atomic E-state index is -0.0991. The Morgan fingerprint density at radius 3 is 2.57 bits per heavy atom. The van der Waals surface area contributed by atoms with Crippen LogP contribution in [-0.4, -0.2) is 15.7 Å². The Morgan fingerprint density at radius 1 is 1.50 bits per heavy atom. The molecule has 1 heterocycles. The maximum atomic E-state index is 7.77. The second-order valence-electron chi connectivity index (χ2n) is 4.45. The van der Waals surface area contributed by atoms with Crippen LogP contribution in [0.5, 0.6) is 0 Å². The molecule has 0 spiro atoms. The lowest BCUT2D eigenvalue weighted by Gasteiger charge is -2.16. The van der Waals surface area contributed by atoms with Gasteiger partial charge in [0.2, 0.25) is 0 Å². The van der Waals surface area contributed by atoms with Gasteiger partial charge in [-0.3, -0.25) is 0 Å². The maximum Gasteiger partial charge on any atom is 0.130 e. The van der Waals surface area contributed by atoms with E-state index in [-0.39, 0.29) is 5.41 Å². The normalized spacial score (nSPS) is 12.3. The molecule has 0 aliphatic heterocycles. The maximum absolute atomic E-state index is 7.77. The highest BCUT2D eigenvalue weighted by Crippen LogP contribution is 2.15. The number of aromatic nitrogens is 2. The second kappa shape index (κ2) is 3.78. The topological polar surface area (TPSA) is 52.5 Å². The molecule has 3 heteroatoms. The molecule has 0 aliphatic carbocycles. The average Bonchev–Trinajstić information content (AvgIpc) is 2.45. The third-order valence-electron chi connectivity index (χ3n) is 1.94. The van der Waals surface area contributed by atoms with E-state index in [0.29, 0.717) is 5.71 Å². The first-order valence-electron chi connectivity index (χ1n) is 4.68. The summed E-state index contributed by atoms with van der Waals surface area (Å²) < 4.78 is 0. The summed E-state index contributed by atoms with van der Waals surface area (Å²) in [6.45, 7) is 8.02. The molecule has 1 rings (SSSR count). The highest BCUT2D eigenvalue weighted by atomic mass is 14.9. The molecule has 0 saturated carbocycles. The molecule has 0 radical (unpaired) electrons. The van der Waals surface area contributed by atoms with E-state index in [2.05, 4.69) is 9.97 Å². The molecule has 1 aromatic rings. The molecule has 1 aromatic heterocycles. The van der Waals surface area contributed by atoms with Crippen molar-refractivity contribution >= 4 is 11.8 Å². The highest BCUT2D eigenvalue weighted by molar-refractivity contribution is 5.99. The van der Waals surface area contributed by atoms with Crippen molar-refractivity contribution in [1.29, 1.82) is 5.41 Å². The molecule has 76 valence electrons. The van der Waals surface area contributed by atoms with Gasteiger partial charge in [0.25, 0.3) is 0 Å². The van der Waals surface area contributed by atoms with Gasteiger partial charge in [0, 0.05) is 23.0 Å². The molecule has 0 aromatic carbocycles. The van der Waals surface area contributed by atoms with Crippen LogP contribution in [0.1, 0.15) is 32.3 Å². The van der Waals surface area contributed by atoms with Crippen LogP contribution in [0.25, 0.3) is 6.08 Å². The summed E-state index contributed by atoms with van der Waals surface area (Å²) in [6.07, 6.45) is 5.40. The van der Waals surface area contributed by atoms with Gasteiger partial charge in [-0.25, -0.2) is 4.98 Å². The SMILES string of the molecule is Cc1cnc(/C=C\C(=N)C(C)(C)C)[nH]1. The summed E-state index contributed by atoms with van der Waals surface area (Å²) in [4.78, 5) is 7.22. The van der Waals surface area contributed by atoms with E-state index in [4.69, 9.17) is 5.41 Å². The second-order valence-corrected chi connectivity index (χ2v) is 4.45. The van der Waals surface area contributed by atoms with E-state index in [1.807, 2.05) is 33.8 Å². The highest BCUT2D eigenvalue weighted by Gasteiger charge is 2.13. The van der Waals surface area contributed by atoms with Crippen LogP contribution in [-0.2, 0) is 0 Å². The van der Waals surface area contributed by atoms with Crippen LogP contribution in [0.15, 0.2) is 12.3 Å². The van der Waals surface area contributed by atoms with Crippen molar-refractivity contribution in [3.05, 3.63) is 23.8 Å². The zero-order valence-corrected chi connectivity index (χ0v) is 9.18. The molecule has 2 N–H and O–H groups in total. The summed E-state index contributed by atoms with van der Waals surface area (Å²) in [5.41, 5.74) is 1.54. The first-order valence-corrected chi connectivity index (χ1v) is 4.68. The Bertz CT molecular complexity index is 353. The van der Waals surface area contributed by atoms with Crippen molar-refractivity contribution in [2.24, 2.45) is 5.41 Å². The van der Waals surface area contributed by atoms with Crippen molar-refractivity contribution in [3.63, 3.8) is 0 Å². The zero-order chi connectivity index (χ0) is 10.8. The number of nitrogens with zero attached hydrogens (tertiary/aromatic N) is 1. The summed E-state index contributed by atoms with van der Waals surface area (Å²) in [5, 5.41) is 7.77. The lowest BCUT2D eigenvalue weighted by atomic mass is 9.90. The van der Waals surface area contributed by atoms with Gasteiger partial charge < -0.3 is 10.4 Å². The van der Waals surface area contributed by atoms with Gasteiger partial charge in [-0.2, -0.15) is 0 Å². The van der Waals surface area contributed by atoms with Crippen molar-refractivity contribution < 1.29 is 0 Å². The molecule has 0 atom stereocenters. The minimum Gasteiger partial charge on any atom is -0.343 e. The average molecular weight is 191 g/mol. The molecule has 14 heavy (non-hydrogen) atoms. The lowest BCUT2D eigenvalue weighted by Crippen LogP contribution is -2.16. The molecule has 0 aliphatic rings. The Kier molecular flexibility index (Phi) is 2.89. The lowest BCUT2D eigenvalue weighted by molar-refractivity contribution is 0.591. The van der Waals surface area contributed by atoms with E-state index >= 15 is 0 Å². The van der Waals surface area contributed by atoms with Gasteiger partial charge in [0.15, 0.2) is 0 Å². The molecule has 3 nitrogen and oxygen atoms in total. The summed E-state index contributed by atoms with van der Waals surface area (Å²) in [7, 11) is 0. The first-order chi connectivity index (χ1) is 6.39. The zero-order valence-electron chi connectivity index (χ0n) is 9.18. The summed E-state index contributed by atoms with van der Waals surface area (Å²) in [6, 6.07) is 0. The number of imidazole rings is 1. The van der Waals surface area contributed by atoms with Crippen LogP contribution < -0.4 is 0 Å². The summed E-state index contributed by atoms with van der Waals surface area (Å²) in [5.74, 6) is 0.802. The minimum absolute atomic E-state index is 0.0991. The smallest absolute Gasteiger partial charge is 0.130 e. The molecule has 0 bridgehead atoms. The molecule has 0 amide bonds. The van der Waals surface area contributed by atoms with Gasteiger partial charge in [-0.1, -0.05) is 20.8 Å². The third kappa shape index (κ3) is 2.83. The molecule has 0 fully saturated rings. The standard InChI is InChI=1S/C11H17N3/c1-8-7-13-10(14-8)6-5-9(12)11(2,3)4/h5-7,12H,1-4H3,(H,13,14)/b6-5-,12-9?. The number of aryl methyl sites for hydroxylation is 1. The van der Waals surface area contributed by atoms with Crippen LogP contribution in [0, 0.1) is 17.7 Å². The number of nitrogens with one attached hydrogen (secondary N) is 2. The fourth-order valence-corrected chi connectivity index (χ4v) is 0.930. The van der Waals surface area contributed by atoms with Crippen molar-refractivity contribution in [1.82, 2.24) is 9.97 Å². The molecule has 0 unspecified atom stereocenters. The fraction of sp³-hybridized carbons (Fsp3) is 0.455. The number of hydrogen-bond donors (Lipinski definition) is 2. The number of rotatable bonds is 2. The van der Waals surface area contributed by atoms with E-state index in [1.54, 1.807) is 12.3 Å². The van der Waals surface area contributed by atoms with Crippen molar-refractivity contribution in [2.45, 2.75) is 27.7 Å². The molecular formula is C11H17N3. The predicted molar refractivity (Wildman–Crippen MR) is 59.5 cm³/mol. The quantitative estimate of drug-likeness (QED) is 0.694. The van der Waals surface area contributed by atoms with Gasteiger partial charge >= 0.3 is 0 Å². The Hall–Kier alpha value is -1.38. The number of H-pyrrole nitrogens is 1. The van der Waals surface area contributed by atoms with Crippen LogP contribution in [0.2, 0.25) is 0 Å². The molecular weight excluding hydrogens is 174 g/mol.